The molecule has 0 saturated carbocycles. The van der Waals surface area contributed by atoms with Gasteiger partial charge >= 0.3 is 0 Å². The first-order valence-electron chi connectivity index (χ1n) is 6.20. The maximum atomic E-state index is 12.7. The van der Waals surface area contributed by atoms with Crippen LogP contribution in [0.5, 0.6) is 17.2 Å². The van der Waals surface area contributed by atoms with Crippen molar-refractivity contribution in [1.82, 2.24) is 0 Å². The summed E-state index contributed by atoms with van der Waals surface area (Å²) < 4.78 is 16.6. The van der Waals surface area contributed by atoms with Crippen molar-refractivity contribution in [3.63, 3.8) is 0 Å². The van der Waals surface area contributed by atoms with Gasteiger partial charge in [0.1, 0.15) is 17.2 Å². The second-order valence-electron chi connectivity index (χ2n) is 4.28. The lowest BCUT2D eigenvalue weighted by atomic mass is 10.0. The number of ketones is 1. The molecule has 2 rings (SSSR count). The fraction of sp³-hybridized carbons (Fsp3) is 0.188. The zero-order chi connectivity index (χ0) is 15.4. The highest BCUT2D eigenvalue weighted by atomic mass is 127. The maximum Gasteiger partial charge on any atom is 0.197 e. The molecule has 110 valence electrons. The van der Waals surface area contributed by atoms with Gasteiger partial charge < -0.3 is 14.2 Å². The van der Waals surface area contributed by atoms with E-state index < -0.39 is 0 Å². The van der Waals surface area contributed by atoms with Crippen LogP contribution in [0.1, 0.15) is 15.9 Å². The zero-order valence-electron chi connectivity index (χ0n) is 12.0. The molecule has 0 saturated heterocycles. The second-order valence-corrected chi connectivity index (χ2v) is 5.52. The summed E-state index contributed by atoms with van der Waals surface area (Å²) in [6, 6.07) is 10.6. The van der Waals surface area contributed by atoms with Crippen LogP contribution in [0.25, 0.3) is 0 Å². The van der Waals surface area contributed by atoms with Gasteiger partial charge in [-0.15, -0.1) is 0 Å². The van der Waals surface area contributed by atoms with E-state index in [-0.39, 0.29) is 5.78 Å². The molecule has 2 aromatic rings. The summed E-state index contributed by atoms with van der Waals surface area (Å²) in [5, 5.41) is 0. The molecule has 0 unspecified atom stereocenters. The monoisotopic (exact) mass is 398 g/mol. The molecule has 0 N–H and O–H groups in total. The highest BCUT2D eigenvalue weighted by Crippen LogP contribution is 2.28. The number of hydrogen-bond acceptors (Lipinski definition) is 4. The van der Waals surface area contributed by atoms with Gasteiger partial charge in [-0.05, 0) is 52.9 Å². The first kappa shape index (κ1) is 15.6. The number of carbonyl (C=O) groups is 1. The lowest BCUT2D eigenvalue weighted by Gasteiger charge is -2.10. The number of methoxy groups -OCH3 is 3. The standard InChI is InChI=1S/C16H15IO4/c1-19-12-6-10(7-13(9-12)20-2)16(18)14-8-11(17)4-5-15(14)21-3/h4-9H,1-3H3. The third-order valence-electron chi connectivity index (χ3n) is 3.02. The van der Waals surface area contributed by atoms with Crippen molar-refractivity contribution in [2.75, 3.05) is 21.3 Å². The molecule has 4 nitrogen and oxygen atoms in total. The molecule has 5 heteroatoms. The van der Waals surface area contributed by atoms with Gasteiger partial charge in [-0.3, -0.25) is 4.79 Å². The van der Waals surface area contributed by atoms with E-state index in [0.717, 1.165) is 3.57 Å². The second kappa shape index (κ2) is 6.80. The Balaban J connectivity index is 2.51. The molecular weight excluding hydrogens is 383 g/mol. The Morgan fingerprint density at radius 3 is 2.05 bits per heavy atom. The van der Waals surface area contributed by atoms with E-state index in [1.165, 1.54) is 0 Å². The lowest BCUT2D eigenvalue weighted by molar-refractivity contribution is 0.103. The average molecular weight is 398 g/mol. The first-order chi connectivity index (χ1) is 10.1. The fourth-order valence-electron chi connectivity index (χ4n) is 1.95. The van der Waals surface area contributed by atoms with Gasteiger partial charge in [0.15, 0.2) is 5.78 Å². The van der Waals surface area contributed by atoms with Crippen LogP contribution in [-0.2, 0) is 0 Å². The Kier molecular flexibility index (Phi) is 5.06. The molecule has 0 bridgehead atoms. The number of benzene rings is 2. The van der Waals surface area contributed by atoms with Crippen LogP contribution in [0, 0.1) is 3.57 Å². The summed E-state index contributed by atoms with van der Waals surface area (Å²) in [6.45, 7) is 0. The van der Waals surface area contributed by atoms with Gasteiger partial charge in [-0.1, -0.05) is 0 Å². The van der Waals surface area contributed by atoms with Crippen molar-refractivity contribution in [2.45, 2.75) is 0 Å². The minimum absolute atomic E-state index is 0.137. The van der Waals surface area contributed by atoms with Crippen molar-refractivity contribution < 1.29 is 19.0 Å². The van der Waals surface area contributed by atoms with Gasteiger partial charge in [-0.2, -0.15) is 0 Å². The van der Waals surface area contributed by atoms with Gasteiger partial charge in [-0.25, -0.2) is 0 Å². The lowest BCUT2D eigenvalue weighted by Crippen LogP contribution is -2.05. The van der Waals surface area contributed by atoms with Gasteiger partial charge in [0, 0.05) is 15.2 Å². The highest BCUT2D eigenvalue weighted by Gasteiger charge is 2.17. The van der Waals surface area contributed by atoms with E-state index in [1.54, 1.807) is 51.7 Å². The largest absolute Gasteiger partial charge is 0.497 e. The van der Waals surface area contributed by atoms with Gasteiger partial charge in [0.2, 0.25) is 0 Å². The van der Waals surface area contributed by atoms with E-state index in [9.17, 15) is 4.79 Å². The predicted molar refractivity (Wildman–Crippen MR) is 88.7 cm³/mol. The van der Waals surface area contributed by atoms with Crippen LogP contribution >= 0.6 is 22.6 Å². The van der Waals surface area contributed by atoms with Crippen LogP contribution in [0.3, 0.4) is 0 Å². The number of carbonyl (C=O) groups excluding carboxylic acids is 1. The number of halogens is 1. The van der Waals surface area contributed by atoms with Crippen molar-refractivity contribution in [3.05, 3.63) is 51.1 Å². The highest BCUT2D eigenvalue weighted by molar-refractivity contribution is 14.1. The Morgan fingerprint density at radius 2 is 1.52 bits per heavy atom. The fourth-order valence-corrected chi connectivity index (χ4v) is 2.44. The first-order valence-corrected chi connectivity index (χ1v) is 7.28. The van der Waals surface area contributed by atoms with Crippen LogP contribution in [0.2, 0.25) is 0 Å². The van der Waals surface area contributed by atoms with Crippen molar-refractivity contribution in [1.29, 1.82) is 0 Å². The summed E-state index contributed by atoms with van der Waals surface area (Å²) in [4.78, 5) is 12.7. The quantitative estimate of drug-likeness (QED) is 0.571. The Hall–Kier alpha value is -1.76. The Labute approximate surface area is 137 Å². The normalized spacial score (nSPS) is 10.1. The topological polar surface area (TPSA) is 44.8 Å². The summed E-state index contributed by atoms with van der Waals surface area (Å²) >= 11 is 2.16. The van der Waals surface area contributed by atoms with Crippen LogP contribution in [0.15, 0.2) is 36.4 Å². The smallest absolute Gasteiger partial charge is 0.197 e. The molecule has 21 heavy (non-hydrogen) atoms. The van der Waals surface area contributed by atoms with E-state index in [1.807, 2.05) is 6.07 Å². The summed E-state index contributed by atoms with van der Waals surface area (Å²) in [7, 11) is 4.65. The SMILES string of the molecule is COc1cc(OC)cc(C(=O)c2cc(I)ccc2OC)c1. The molecule has 0 aliphatic carbocycles. The van der Waals surface area contributed by atoms with Crippen molar-refractivity contribution >= 4 is 28.4 Å². The molecule has 0 amide bonds. The molecule has 0 atom stereocenters. The van der Waals surface area contributed by atoms with E-state index in [4.69, 9.17) is 14.2 Å². The van der Waals surface area contributed by atoms with E-state index >= 15 is 0 Å². The van der Waals surface area contributed by atoms with Crippen LogP contribution < -0.4 is 14.2 Å². The third kappa shape index (κ3) is 3.47. The Morgan fingerprint density at radius 1 is 0.905 bits per heavy atom. The number of hydrogen-bond donors (Lipinski definition) is 0. The van der Waals surface area contributed by atoms with Crippen LogP contribution in [0.4, 0.5) is 0 Å². The third-order valence-corrected chi connectivity index (χ3v) is 3.69. The summed E-state index contributed by atoms with van der Waals surface area (Å²) in [6.07, 6.45) is 0. The minimum atomic E-state index is -0.137. The molecule has 0 aromatic heterocycles. The van der Waals surface area contributed by atoms with Gasteiger partial charge in [0.25, 0.3) is 0 Å². The molecule has 0 spiro atoms. The summed E-state index contributed by atoms with van der Waals surface area (Å²) in [5.74, 6) is 1.55. The van der Waals surface area contributed by atoms with E-state index in [2.05, 4.69) is 22.6 Å². The molecule has 0 aliphatic rings. The molecular formula is C16H15IO4. The summed E-state index contributed by atoms with van der Waals surface area (Å²) in [5.41, 5.74) is 1.01. The number of ether oxygens (including phenoxy) is 3. The molecule has 0 aliphatic heterocycles. The predicted octanol–water partition coefficient (Wildman–Crippen LogP) is 3.55. The molecule has 0 heterocycles. The molecule has 2 aromatic carbocycles. The average Bonchev–Trinajstić information content (AvgIpc) is 2.53. The Bertz CT molecular complexity index is 645. The molecule has 0 radical (unpaired) electrons. The van der Waals surface area contributed by atoms with Gasteiger partial charge in [0.05, 0.1) is 26.9 Å². The molecule has 0 fully saturated rings. The van der Waals surface area contributed by atoms with Crippen LogP contribution in [-0.4, -0.2) is 27.1 Å². The number of rotatable bonds is 5. The zero-order valence-corrected chi connectivity index (χ0v) is 14.1. The van der Waals surface area contributed by atoms with Crippen molar-refractivity contribution in [3.8, 4) is 17.2 Å². The van der Waals surface area contributed by atoms with E-state index in [0.29, 0.717) is 28.4 Å². The maximum absolute atomic E-state index is 12.7. The van der Waals surface area contributed by atoms with Crippen molar-refractivity contribution in [2.24, 2.45) is 0 Å². The minimum Gasteiger partial charge on any atom is -0.497 e.